The molecule has 0 aliphatic heterocycles. The van der Waals surface area contributed by atoms with Gasteiger partial charge in [-0.1, -0.05) is 0 Å². The summed E-state index contributed by atoms with van der Waals surface area (Å²) in [5, 5.41) is 19.9. The number of carbonyl (C=O) groups is 2. The molecule has 0 bridgehead atoms. The van der Waals surface area contributed by atoms with Crippen LogP contribution in [0.15, 0.2) is 4.99 Å². The molecule has 94 valence electrons. The number of carboxylic acids is 1. The van der Waals surface area contributed by atoms with Crippen molar-refractivity contribution >= 4 is 28.7 Å². The number of nitrogens with one attached hydrogen (secondary N) is 1. The molecule has 0 rings (SSSR count). The van der Waals surface area contributed by atoms with E-state index in [0.717, 1.165) is 0 Å². The molecule has 0 aliphatic rings. The van der Waals surface area contributed by atoms with Crippen molar-refractivity contribution in [3.63, 3.8) is 0 Å². The number of hydrogen-bond donors (Lipinski definition) is 2. The fraction of sp³-hybridized carbons (Fsp3) is 0.600. The normalized spacial score (nSPS) is 13.0. The molecule has 0 aromatic rings. The largest absolute Gasteiger partial charge is 0.480 e. The van der Waals surface area contributed by atoms with Crippen LogP contribution in [0.2, 0.25) is 0 Å². The van der Waals surface area contributed by atoms with Crippen molar-refractivity contribution in [1.29, 1.82) is 5.26 Å². The van der Waals surface area contributed by atoms with E-state index in [-0.39, 0.29) is 6.04 Å². The zero-order valence-corrected chi connectivity index (χ0v) is 10.7. The van der Waals surface area contributed by atoms with Crippen LogP contribution in [-0.2, 0) is 9.59 Å². The van der Waals surface area contributed by atoms with E-state index in [0.29, 0.717) is 5.04 Å². The average molecular weight is 257 g/mol. The average Bonchev–Trinajstić information content (AvgIpc) is 2.25. The van der Waals surface area contributed by atoms with Crippen molar-refractivity contribution in [1.82, 2.24) is 5.32 Å². The van der Waals surface area contributed by atoms with Gasteiger partial charge in [0.2, 0.25) is 5.91 Å². The van der Waals surface area contributed by atoms with Gasteiger partial charge in [0.15, 0.2) is 5.92 Å². The predicted molar refractivity (Wildman–Crippen MR) is 65.8 cm³/mol. The third-order valence-electron chi connectivity index (χ3n) is 1.65. The quantitative estimate of drug-likeness (QED) is 0.551. The van der Waals surface area contributed by atoms with Gasteiger partial charge in [-0.25, -0.2) is 0 Å². The molecule has 7 heteroatoms. The minimum atomic E-state index is -1.15. The van der Waals surface area contributed by atoms with Crippen molar-refractivity contribution in [3.05, 3.63) is 0 Å². The Hall–Kier alpha value is -1.55. The molecule has 0 spiro atoms. The topological polar surface area (TPSA) is 103 Å². The van der Waals surface area contributed by atoms with Gasteiger partial charge in [0, 0.05) is 6.04 Å². The lowest BCUT2D eigenvalue weighted by Crippen LogP contribution is -2.37. The number of nitriles is 1. The molecule has 6 nitrogen and oxygen atoms in total. The molecule has 1 amide bonds. The first-order valence-electron chi connectivity index (χ1n) is 4.93. The molecule has 0 fully saturated rings. The van der Waals surface area contributed by atoms with E-state index < -0.39 is 24.3 Å². The highest BCUT2D eigenvalue weighted by atomic mass is 32.2. The Labute approximate surface area is 104 Å². The van der Waals surface area contributed by atoms with Crippen molar-refractivity contribution in [2.45, 2.75) is 19.9 Å². The van der Waals surface area contributed by atoms with E-state index >= 15 is 0 Å². The Morgan fingerprint density at radius 2 is 2.12 bits per heavy atom. The highest BCUT2D eigenvalue weighted by Crippen LogP contribution is 2.12. The highest BCUT2D eigenvalue weighted by Gasteiger charge is 2.24. The summed E-state index contributed by atoms with van der Waals surface area (Å²) in [7, 11) is 0. The van der Waals surface area contributed by atoms with Gasteiger partial charge >= 0.3 is 5.97 Å². The van der Waals surface area contributed by atoms with E-state index in [9.17, 15) is 9.59 Å². The third kappa shape index (κ3) is 5.92. The number of hydrogen-bond acceptors (Lipinski definition) is 5. The lowest BCUT2D eigenvalue weighted by atomic mass is 10.1. The fourth-order valence-electron chi connectivity index (χ4n) is 0.990. The number of nitrogens with zero attached hydrogens (tertiary/aromatic N) is 2. The molecule has 0 saturated heterocycles. The van der Waals surface area contributed by atoms with Crippen LogP contribution in [0.1, 0.15) is 13.8 Å². The Kier molecular flexibility index (Phi) is 6.98. The Morgan fingerprint density at radius 3 is 2.47 bits per heavy atom. The number of thioether (sulfide) groups is 1. The van der Waals surface area contributed by atoms with Crippen molar-refractivity contribution < 1.29 is 14.7 Å². The summed E-state index contributed by atoms with van der Waals surface area (Å²) >= 11 is 1.21. The molecule has 0 aromatic carbocycles. The molecule has 0 aromatic heterocycles. The first kappa shape index (κ1) is 15.4. The molecule has 0 aliphatic carbocycles. The van der Waals surface area contributed by atoms with Crippen LogP contribution < -0.4 is 5.32 Å². The minimum Gasteiger partial charge on any atom is -0.480 e. The van der Waals surface area contributed by atoms with Crippen molar-refractivity contribution in [3.8, 4) is 6.07 Å². The predicted octanol–water partition coefficient (Wildman–Crippen LogP) is 0.497. The summed E-state index contributed by atoms with van der Waals surface area (Å²) in [5.74, 6) is -2.84. The fourth-order valence-corrected chi connectivity index (χ4v) is 1.70. The molecular formula is C10H15N3O3S. The van der Waals surface area contributed by atoms with Gasteiger partial charge in [-0.2, -0.15) is 5.26 Å². The summed E-state index contributed by atoms with van der Waals surface area (Å²) in [6.07, 6.45) is 1.72. The second kappa shape index (κ2) is 7.68. The van der Waals surface area contributed by atoms with E-state index in [2.05, 4.69) is 10.3 Å². The molecule has 0 heterocycles. The van der Waals surface area contributed by atoms with Gasteiger partial charge in [0.05, 0.1) is 11.1 Å². The molecule has 0 radical (unpaired) electrons. The van der Waals surface area contributed by atoms with Gasteiger partial charge in [-0.15, -0.1) is 11.8 Å². The monoisotopic (exact) mass is 257 g/mol. The summed E-state index contributed by atoms with van der Waals surface area (Å²) in [5.41, 5.74) is 0. The van der Waals surface area contributed by atoms with Crippen LogP contribution in [0.4, 0.5) is 0 Å². The number of aliphatic carboxylic acids is 1. The van der Waals surface area contributed by atoms with Crippen LogP contribution in [0.25, 0.3) is 0 Å². The summed E-state index contributed by atoms with van der Waals surface area (Å²) in [4.78, 5) is 26.0. The second-order valence-electron chi connectivity index (χ2n) is 3.44. The smallest absolute Gasteiger partial charge is 0.322 e. The maximum absolute atomic E-state index is 11.6. The Morgan fingerprint density at radius 1 is 1.53 bits per heavy atom. The van der Waals surface area contributed by atoms with E-state index in [1.54, 1.807) is 6.26 Å². The van der Waals surface area contributed by atoms with Crippen LogP contribution in [0.5, 0.6) is 0 Å². The number of carboxylic acid groups (broad SMARTS) is 1. The zero-order valence-electron chi connectivity index (χ0n) is 9.93. The number of carbonyl (C=O) groups excluding carboxylic acids is 1. The van der Waals surface area contributed by atoms with Crippen LogP contribution >= 0.6 is 11.8 Å². The molecular weight excluding hydrogens is 242 g/mol. The van der Waals surface area contributed by atoms with E-state index in [1.807, 2.05) is 19.9 Å². The van der Waals surface area contributed by atoms with Gasteiger partial charge in [-0.05, 0) is 20.1 Å². The van der Waals surface area contributed by atoms with Gasteiger partial charge in [0.25, 0.3) is 0 Å². The molecule has 17 heavy (non-hydrogen) atoms. The third-order valence-corrected chi connectivity index (χ3v) is 2.41. The van der Waals surface area contributed by atoms with Crippen LogP contribution in [-0.4, -0.2) is 40.9 Å². The molecule has 0 saturated carbocycles. The second-order valence-corrected chi connectivity index (χ2v) is 4.27. The number of aliphatic imine (C=N–C) groups is 1. The summed E-state index contributed by atoms with van der Waals surface area (Å²) in [6, 6.07) is 1.80. The SMILES string of the molecule is CS/C(=N\C(C)C)C(C#N)C(=O)NCC(=O)O. The lowest BCUT2D eigenvalue weighted by Gasteiger charge is -2.11. The molecule has 2 N–H and O–H groups in total. The summed E-state index contributed by atoms with van der Waals surface area (Å²) in [6.45, 7) is 3.17. The Balaban J connectivity index is 4.76. The minimum absolute atomic E-state index is 0.0272. The Bertz CT molecular complexity index is 360. The van der Waals surface area contributed by atoms with Gasteiger partial charge < -0.3 is 10.4 Å². The standard InChI is InChI=1S/C10H15N3O3S/c1-6(2)13-10(17-3)7(4-11)9(16)12-5-8(14)15/h6-7H,5H2,1-3H3,(H,12,16)(H,14,15)/b13-10-. The highest BCUT2D eigenvalue weighted by molar-refractivity contribution is 8.13. The summed E-state index contributed by atoms with van der Waals surface area (Å²) < 4.78 is 0. The van der Waals surface area contributed by atoms with E-state index in [1.165, 1.54) is 11.8 Å². The number of rotatable bonds is 5. The maximum atomic E-state index is 11.6. The first-order valence-corrected chi connectivity index (χ1v) is 6.15. The van der Waals surface area contributed by atoms with Gasteiger partial charge in [-0.3, -0.25) is 14.6 Å². The van der Waals surface area contributed by atoms with Crippen molar-refractivity contribution in [2.75, 3.05) is 12.8 Å². The van der Waals surface area contributed by atoms with Crippen LogP contribution in [0, 0.1) is 17.2 Å². The molecule has 1 unspecified atom stereocenters. The first-order chi connectivity index (χ1) is 7.92. The van der Waals surface area contributed by atoms with Crippen LogP contribution in [0.3, 0.4) is 0 Å². The zero-order chi connectivity index (χ0) is 13.4. The number of amides is 1. The maximum Gasteiger partial charge on any atom is 0.322 e. The lowest BCUT2D eigenvalue weighted by molar-refractivity contribution is -0.138. The van der Waals surface area contributed by atoms with E-state index in [4.69, 9.17) is 10.4 Å². The van der Waals surface area contributed by atoms with Crippen molar-refractivity contribution in [2.24, 2.45) is 10.9 Å². The van der Waals surface area contributed by atoms with Gasteiger partial charge in [0.1, 0.15) is 6.54 Å². The molecule has 1 atom stereocenters.